The lowest BCUT2D eigenvalue weighted by Gasteiger charge is -2.18. The molecular formula is C39H41N3O9S. The molecule has 0 atom stereocenters. The first kappa shape index (κ1) is 39.0. The third-order valence-corrected chi connectivity index (χ3v) is 7.51. The number of para-hydroxylation sites is 1. The number of fused-ring (bicyclic) bond motifs is 1. The average molecular weight is 728 g/mol. The van der Waals surface area contributed by atoms with Gasteiger partial charge in [-0.1, -0.05) is 23.5 Å². The van der Waals surface area contributed by atoms with Crippen molar-refractivity contribution < 1.29 is 43.2 Å². The topological polar surface area (TPSA) is 146 Å². The standard InChI is InChI=1S/C36H33N3O8S.C3H8O/c1-6-43-26-15-11-23(12-16-26)32(40)44-28-19-20-30(25(21-28)22-37-39(5)34-38-29-9-7-8-10-31(29)48-34)46-33(41)24-13-17-27(18-14-24)45-35(42)47-36(2,3)4;1-3(2)4/h7-22H,6H2,1-5H3;3-4H,1-2H3/b37-22+;. The van der Waals surface area contributed by atoms with Crippen LogP contribution in [0.2, 0.25) is 0 Å². The van der Waals surface area contributed by atoms with Crippen molar-refractivity contribution in [3.05, 3.63) is 108 Å². The molecule has 1 aromatic heterocycles. The molecule has 0 spiro atoms. The zero-order valence-corrected chi connectivity index (χ0v) is 30.8. The molecule has 0 bridgehead atoms. The Labute approximate surface area is 306 Å². The van der Waals surface area contributed by atoms with Gasteiger partial charge in [-0.25, -0.2) is 24.4 Å². The number of anilines is 1. The van der Waals surface area contributed by atoms with Crippen molar-refractivity contribution in [3.63, 3.8) is 0 Å². The fourth-order valence-corrected chi connectivity index (χ4v) is 5.07. The van der Waals surface area contributed by atoms with Crippen molar-refractivity contribution in [1.82, 2.24) is 4.98 Å². The Balaban J connectivity index is 0.00000144. The molecule has 1 heterocycles. The van der Waals surface area contributed by atoms with Gasteiger partial charge in [0.15, 0.2) is 0 Å². The van der Waals surface area contributed by atoms with Gasteiger partial charge in [-0.05, 0) is 120 Å². The molecule has 12 nitrogen and oxygen atoms in total. The number of nitrogens with zero attached hydrogens (tertiary/aromatic N) is 3. The summed E-state index contributed by atoms with van der Waals surface area (Å²) in [6.45, 7) is 11.0. The van der Waals surface area contributed by atoms with Crippen molar-refractivity contribution in [1.29, 1.82) is 0 Å². The van der Waals surface area contributed by atoms with Crippen LogP contribution in [-0.2, 0) is 4.74 Å². The van der Waals surface area contributed by atoms with E-state index < -0.39 is 23.7 Å². The molecule has 4 aromatic carbocycles. The van der Waals surface area contributed by atoms with Crippen LogP contribution >= 0.6 is 11.3 Å². The van der Waals surface area contributed by atoms with Crippen molar-refractivity contribution >= 4 is 51.0 Å². The third-order valence-electron chi connectivity index (χ3n) is 6.41. The van der Waals surface area contributed by atoms with E-state index in [-0.39, 0.29) is 28.9 Å². The fourth-order valence-electron chi connectivity index (χ4n) is 4.19. The van der Waals surface area contributed by atoms with Gasteiger partial charge in [0.05, 0.1) is 34.2 Å². The first-order valence-corrected chi connectivity index (χ1v) is 17.2. The first-order valence-electron chi connectivity index (χ1n) is 16.3. The molecule has 1 N–H and O–H groups in total. The molecule has 13 heteroatoms. The molecule has 272 valence electrons. The Kier molecular flexibility index (Phi) is 13.4. The second-order valence-corrected chi connectivity index (χ2v) is 13.4. The summed E-state index contributed by atoms with van der Waals surface area (Å²) in [7, 11) is 1.75. The van der Waals surface area contributed by atoms with E-state index in [2.05, 4.69) is 10.1 Å². The highest BCUT2D eigenvalue weighted by molar-refractivity contribution is 7.22. The quantitative estimate of drug-likeness (QED) is 0.0487. The number of esters is 2. The van der Waals surface area contributed by atoms with Gasteiger partial charge < -0.3 is 28.8 Å². The molecule has 0 saturated carbocycles. The van der Waals surface area contributed by atoms with Crippen LogP contribution in [0.25, 0.3) is 10.2 Å². The fraction of sp³-hybridized carbons (Fsp3) is 0.256. The molecule has 0 radical (unpaired) electrons. The molecule has 0 unspecified atom stereocenters. The molecule has 0 amide bonds. The van der Waals surface area contributed by atoms with Crippen LogP contribution in [0, 0.1) is 0 Å². The highest BCUT2D eigenvalue weighted by Crippen LogP contribution is 2.29. The number of thiazole rings is 1. The van der Waals surface area contributed by atoms with E-state index in [4.69, 9.17) is 28.8 Å². The molecule has 5 rings (SSSR count). The number of carbonyl (C=O) groups excluding carboxylic acids is 3. The summed E-state index contributed by atoms with van der Waals surface area (Å²) in [4.78, 5) is 42.7. The average Bonchev–Trinajstić information content (AvgIpc) is 3.52. The summed E-state index contributed by atoms with van der Waals surface area (Å²) in [5.74, 6) is -0.0396. The van der Waals surface area contributed by atoms with Crippen LogP contribution in [-0.4, -0.2) is 59.8 Å². The van der Waals surface area contributed by atoms with E-state index in [0.717, 1.165) is 10.2 Å². The van der Waals surface area contributed by atoms with Gasteiger partial charge >= 0.3 is 18.1 Å². The maximum absolute atomic E-state index is 13.2. The molecule has 0 saturated heterocycles. The van der Waals surface area contributed by atoms with Gasteiger partial charge in [0.1, 0.15) is 28.6 Å². The van der Waals surface area contributed by atoms with E-state index in [9.17, 15) is 14.4 Å². The second kappa shape index (κ2) is 17.9. The molecular weight excluding hydrogens is 687 g/mol. The predicted molar refractivity (Wildman–Crippen MR) is 200 cm³/mol. The van der Waals surface area contributed by atoms with Crippen LogP contribution in [0.15, 0.2) is 96.1 Å². The van der Waals surface area contributed by atoms with Crippen molar-refractivity contribution in [2.45, 2.75) is 53.2 Å². The van der Waals surface area contributed by atoms with Crippen molar-refractivity contribution in [2.75, 3.05) is 18.7 Å². The summed E-state index contributed by atoms with van der Waals surface area (Å²) in [6.07, 6.45) is 0.460. The number of ether oxygens (including phenoxy) is 5. The lowest BCUT2D eigenvalue weighted by molar-refractivity contribution is 0.0206. The Morgan fingerprint density at radius 3 is 2.02 bits per heavy atom. The Bertz CT molecular complexity index is 1960. The first-order chi connectivity index (χ1) is 24.7. The van der Waals surface area contributed by atoms with Crippen molar-refractivity contribution in [2.24, 2.45) is 5.10 Å². The van der Waals surface area contributed by atoms with Crippen LogP contribution in [0.5, 0.6) is 23.0 Å². The Hall–Kier alpha value is -5.79. The minimum absolute atomic E-state index is 0.163. The van der Waals surface area contributed by atoms with Crippen LogP contribution in [0.1, 0.15) is 67.8 Å². The summed E-state index contributed by atoms with van der Waals surface area (Å²) >= 11 is 1.47. The number of hydrogen-bond donors (Lipinski definition) is 1. The summed E-state index contributed by atoms with van der Waals surface area (Å²) in [5.41, 5.74) is 1.03. The van der Waals surface area contributed by atoms with Crippen LogP contribution < -0.4 is 24.0 Å². The van der Waals surface area contributed by atoms with Gasteiger partial charge in [0, 0.05) is 18.7 Å². The van der Waals surface area contributed by atoms with E-state index in [1.54, 1.807) is 77.0 Å². The maximum atomic E-state index is 13.2. The summed E-state index contributed by atoms with van der Waals surface area (Å²) in [6, 6.07) is 24.8. The zero-order chi connectivity index (χ0) is 37.8. The molecule has 0 aliphatic rings. The molecule has 0 aliphatic carbocycles. The van der Waals surface area contributed by atoms with Gasteiger partial charge in [0.25, 0.3) is 0 Å². The monoisotopic (exact) mass is 727 g/mol. The second-order valence-electron chi connectivity index (χ2n) is 12.4. The van der Waals surface area contributed by atoms with Crippen LogP contribution in [0.4, 0.5) is 9.93 Å². The zero-order valence-electron chi connectivity index (χ0n) is 30.0. The van der Waals surface area contributed by atoms with E-state index in [0.29, 0.717) is 28.6 Å². The van der Waals surface area contributed by atoms with Crippen LogP contribution in [0.3, 0.4) is 0 Å². The largest absolute Gasteiger partial charge is 0.514 e. The third kappa shape index (κ3) is 11.9. The van der Waals surface area contributed by atoms with E-state index >= 15 is 0 Å². The number of rotatable bonds is 10. The number of aromatic nitrogens is 1. The summed E-state index contributed by atoms with van der Waals surface area (Å²) < 4.78 is 28.2. The van der Waals surface area contributed by atoms with E-state index in [1.807, 2.05) is 31.2 Å². The Morgan fingerprint density at radius 2 is 1.42 bits per heavy atom. The number of aliphatic hydroxyl groups excluding tert-OH is 1. The Morgan fingerprint density at radius 1 is 0.846 bits per heavy atom. The molecule has 0 fully saturated rings. The van der Waals surface area contributed by atoms with Gasteiger partial charge in [-0.3, -0.25) is 0 Å². The smallest absolute Gasteiger partial charge is 0.494 e. The van der Waals surface area contributed by atoms with Crippen molar-refractivity contribution in [3.8, 4) is 23.0 Å². The lowest BCUT2D eigenvalue weighted by Crippen LogP contribution is -2.26. The number of benzene rings is 4. The number of carbonyl (C=O) groups is 3. The van der Waals surface area contributed by atoms with E-state index in [1.165, 1.54) is 53.9 Å². The highest BCUT2D eigenvalue weighted by atomic mass is 32.1. The number of hydrazone groups is 1. The van der Waals surface area contributed by atoms with Gasteiger partial charge in [0.2, 0.25) is 5.13 Å². The van der Waals surface area contributed by atoms with Gasteiger partial charge in [-0.2, -0.15) is 5.10 Å². The minimum atomic E-state index is -0.860. The summed E-state index contributed by atoms with van der Waals surface area (Å²) in [5, 5.41) is 14.8. The molecule has 5 aromatic rings. The highest BCUT2D eigenvalue weighted by Gasteiger charge is 2.19. The number of aliphatic hydroxyl groups is 1. The minimum Gasteiger partial charge on any atom is -0.494 e. The molecule has 0 aliphatic heterocycles. The number of hydrogen-bond acceptors (Lipinski definition) is 13. The predicted octanol–water partition coefficient (Wildman–Crippen LogP) is 8.30. The van der Waals surface area contributed by atoms with Gasteiger partial charge in [-0.15, -0.1) is 0 Å². The molecule has 52 heavy (non-hydrogen) atoms. The lowest BCUT2D eigenvalue weighted by atomic mass is 10.2. The SMILES string of the molecule is CC(C)O.CCOc1ccc(C(=O)Oc2ccc(OC(=O)c3ccc(OC(=O)OC(C)(C)C)cc3)c(/C=N/N(C)c3nc4ccccc4s3)c2)cc1. The maximum Gasteiger partial charge on any atom is 0.514 e. The normalized spacial score (nSPS) is 11.1.